The van der Waals surface area contributed by atoms with Gasteiger partial charge in [-0.15, -0.1) is 0 Å². The summed E-state index contributed by atoms with van der Waals surface area (Å²) < 4.78 is 6.23. The van der Waals surface area contributed by atoms with Crippen LogP contribution in [0.25, 0.3) is 101 Å². The molecule has 0 aliphatic heterocycles. The summed E-state index contributed by atoms with van der Waals surface area (Å²) in [4.78, 5) is 25.3. The standard InChI is InChI=1S/C49H31N5O/c1-4-15-32(16-5-1)41-31-42(51-46(50-41)33-17-6-2-7-18-33)37-23-12-21-35(29-37)36-22-13-24-38(30-36)48-52-47(34-19-8-3-9-20-34)53-49(54-48)40-26-14-28-44-45(40)39-25-10-11-27-43(39)55-44/h1-31H. The first-order valence-corrected chi connectivity index (χ1v) is 18.2. The highest BCUT2D eigenvalue weighted by Crippen LogP contribution is 2.37. The molecule has 0 fully saturated rings. The van der Waals surface area contributed by atoms with Crippen molar-refractivity contribution in [1.29, 1.82) is 0 Å². The quantitative estimate of drug-likeness (QED) is 0.164. The molecule has 0 saturated carbocycles. The summed E-state index contributed by atoms with van der Waals surface area (Å²) in [6.07, 6.45) is 0. The number of rotatable bonds is 7. The van der Waals surface area contributed by atoms with Crippen molar-refractivity contribution in [2.75, 3.05) is 0 Å². The molecule has 0 bridgehead atoms. The lowest BCUT2D eigenvalue weighted by molar-refractivity contribution is 0.669. The molecule has 0 atom stereocenters. The highest BCUT2D eigenvalue weighted by molar-refractivity contribution is 6.11. The molecule has 10 rings (SSSR count). The Hall–Kier alpha value is -7.57. The molecule has 0 N–H and O–H groups in total. The maximum Gasteiger partial charge on any atom is 0.164 e. The van der Waals surface area contributed by atoms with Crippen LogP contribution in [-0.4, -0.2) is 24.9 Å². The fourth-order valence-corrected chi connectivity index (χ4v) is 7.07. The van der Waals surface area contributed by atoms with Crippen LogP contribution in [0.15, 0.2) is 192 Å². The largest absolute Gasteiger partial charge is 0.456 e. The van der Waals surface area contributed by atoms with Gasteiger partial charge in [-0.2, -0.15) is 0 Å². The molecule has 0 aliphatic carbocycles. The molecule has 0 radical (unpaired) electrons. The Morgan fingerprint density at radius 3 is 1.44 bits per heavy atom. The Balaban J connectivity index is 1.08. The molecular weight excluding hydrogens is 675 g/mol. The van der Waals surface area contributed by atoms with E-state index in [2.05, 4.69) is 78.9 Å². The van der Waals surface area contributed by atoms with Gasteiger partial charge in [-0.05, 0) is 41.5 Å². The summed E-state index contributed by atoms with van der Waals surface area (Å²) in [5, 5.41) is 2.00. The van der Waals surface area contributed by atoms with Crippen LogP contribution in [0.2, 0.25) is 0 Å². The van der Waals surface area contributed by atoms with E-state index in [0.717, 1.165) is 77.8 Å². The number of furan rings is 1. The van der Waals surface area contributed by atoms with E-state index in [4.69, 9.17) is 29.3 Å². The fraction of sp³-hybridized carbons (Fsp3) is 0. The first-order chi connectivity index (χ1) is 27.2. The van der Waals surface area contributed by atoms with E-state index in [0.29, 0.717) is 23.3 Å². The van der Waals surface area contributed by atoms with Gasteiger partial charge in [0.1, 0.15) is 11.2 Å². The molecule has 6 nitrogen and oxygen atoms in total. The molecule has 6 heteroatoms. The minimum absolute atomic E-state index is 0.584. The van der Waals surface area contributed by atoms with Crippen LogP contribution in [0.5, 0.6) is 0 Å². The maximum absolute atomic E-state index is 6.23. The van der Waals surface area contributed by atoms with Crippen LogP contribution in [-0.2, 0) is 0 Å². The minimum atomic E-state index is 0.584. The summed E-state index contributed by atoms with van der Waals surface area (Å²) in [7, 11) is 0. The van der Waals surface area contributed by atoms with Gasteiger partial charge in [0.25, 0.3) is 0 Å². The molecule has 7 aromatic carbocycles. The van der Waals surface area contributed by atoms with Gasteiger partial charge in [0.2, 0.25) is 0 Å². The van der Waals surface area contributed by atoms with Crippen LogP contribution >= 0.6 is 0 Å². The van der Waals surface area contributed by atoms with E-state index in [1.54, 1.807) is 0 Å². The number of hydrogen-bond donors (Lipinski definition) is 0. The number of fused-ring (bicyclic) bond motifs is 3. The van der Waals surface area contributed by atoms with E-state index in [9.17, 15) is 0 Å². The van der Waals surface area contributed by atoms with Crippen LogP contribution < -0.4 is 0 Å². The van der Waals surface area contributed by atoms with Crippen molar-refractivity contribution in [2.24, 2.45) is 0 Å². The number of aromatic nitrogens is 5. The monoisotopic (exact) mass is 705 g/mol. The van der Waals surface area contributed by atoms with Crippen LogP contribution in [0.4, 0.5) is 0 Å². The van der Waals surface area contributed by atoms with Crippen molar-refractivity contribution < 1.29 is 4.42 Å². The predicted molar refractivity (Wildman–Crippen MR) is 221 cm³/mol. The van der Waals surface area contributed by atoms with Crippen molar-refractivity contribution in [1.82, 2.24) is 24.9 Å². The Morgan fingerprint density at radius 1 is 0.291 bits per heavy atom. The highest BCUT2D eigenvalue weighted by Gasteiger charge is 2.18. The molecule has 55 heavy (non-hydrogen) atoms. The number of hydrogen-bond acceptors (Lipinski definition) is 6. The fourth-order valence-electron chi connectivity index (χ4n) is 7.07. The molecule has 0 unspecified atom stereocenters. The number of benzene rings is 7. The zero-order chi connectivity index (χ0) is 36.6. The second kappa shape index (κ2) is 13.8. The van der Waals surface area contributed by atoms with Crippen molar-refractivity contribution in [3.8, 4) is 79.2 Å². The number of para-hydroxylation sites is 1. The third-order valence-corrected chi connectivity index (χ3v) is 9.75. The average Bonchev–Trinajstić information content (AvgIpc) is 3.66. The zero-order valence-electron chi connectivity index (χ0n) is 29.5. The second-order valence-corrected chi connectivity index (χ2v) is 13.3. The predicted octanol–water partition coefficient (Wildman–Crippen LogP) is 12.2. The van der Waals surface area contributed by atoms with E-state index in [-0.39, 0.29) is 0 Å². The Labute approximate surface area is 317 Å². The van der Waals surface area contributed by atoms with Crippen LogP contribution in [0.1, 0.15) is 0 Å². The molecule has 0 spiro atoms. The minimum Gasteiger partial charge on any atom is -0.456 e. The first-order valence-electron chi connectivity index (χ1n) is 18.2. The molecule has 3 heterocycles. The SMILES string of the molecule is c1ccc(-c2cc(-c3cccc(-c4cccc(-c5nc(-c6ccccc6)nc(-c6cccc7oc8ccccc8c67)n5)c4)c3)nc(-c3ccccc3)n2)cc1. The Kier molecular flexibility index (Phi) is 8.04. The van der Waals surface area contributed by atoms with Crippen LogP contribution in [0, 0.1) is 0 Å². The lowest BCUT2D eigenvalue weighted by Crippen LogP contribution is -2.00. The molecule has 0 aliphatic rings. The topological polar surface area (TPSA) is 77.6 Å². The van der Waals surface area contributed by atoms with Gasteiger partial charge in [-0.1, -0.05) is 158 Å². The zero-order valence-corrected chi connectivity index (χ0v) is 29.5. The lowest BCUT2D eigenvalue weighted by Gasteiger charge is -2.12. The maximum atomic E-state index is 6.23. The molecule has 3 aromatic heterocycles. The summed E-state index contributed by atoms with van der Waals surface area (Å²) >= 11 is 0. The molecule has 10 aromatic rings. The van der Waals surface area contributed by atoms with Gasteiger partial charge in [0, 0.05) is 44.2 Å². The second-order valence-electron chi connectivity index (χ2n) is 13.3. The molecule has 0 amide bonds. The third kappa shape index (κ3) is 6.22. The number of nitrogens with zero attached hydrogens (tertiary/aromatic N) is 5. The lowest BCUT2D eigenvalue weighted by atomic mass is 9.99. The Bertz CT molecular complexity index is 2920. The summed E-state index contributed by atoms with van der Waals surface area (Å²) in [6.45, 7) is 0. The van der Waals surface area contributed by atoms with E-state index >= 15 is 0 Å². The van der Waals surface area contributed by atoms with E-state index < -0.39 is 0 Å². The van der Waals surface area contributed by atoms with Gasteiger partial charge in [0.15, 0.2) is 23.3 Å². The van der Waals surface area contributed by atoms with Gasteiger partial charge < -0.3 is 4.42 Å². The van der Waals surface area contributed by atoms with Crippen LogP contribution in [0.3, 0.4) is 0 Å². The molecule has 258 valence electrons. The molecule has 0 saturated heterocycles. The molecular formula is C49H31N5O. The summed E-state index contributed by atoms with van der Waals surface area (Å²) in [5.74, 6) is 2.46. The van der Waals surface area contributed by atoms with Gasteiger partial charge in [-0.25, -0.2) is 24.9 Å². The summed E-state index contributed by atoms with van der Waals surface area (Å²) in [6, 6.07) is 63.4. The van der Waals surface area contributed by atoms with Gasteiger partial charge in [0.05, 0.1) is 11.4 Å². The highest BCUT2D eigenvalue weighted by atomic mass is 16.3. The van der Waals surface area contributed by atoms with Crippen molar-refractivity contribution in [2.45, 2.75) is 0 Å². The smallest absolute Gasteiger partial charge is 0.164 e. The van der Waals surface area contributed by atoms with Gasteiger partial charge in [-0.3, -0.25) is 0 Å². The third-order valence-electron chi connectivity index (χ3n) is 9.75. The van der Waals surface area contributed by atoms with E-state index in [1.807, 2.05) is 109 Å². The normalized spacial score (nSPS) is 11.3. The average molecular weight is 706 g/mol. The van der Waals surface area contributed by atoms with Crippen molar-refractivity contribution in [3.05, 3.63) is 188 Å². The Morgan fingerprint density at radius 2 is 0.745 bits per heavy atom. The summed E-state index contributed by atoms with van der Waals surface area (Å²) in [5.41, 5.74) is 11.1. The van der Waals surface area contributed by atoms with Crippen molar-refractivity contribution >= 4 is 21.9 Å². The first kappa shape index (κ1) is 32.1. The van der Waals surface area contributed by atoms with Gasteiger partial charge >= 0.3 is 0 Å². The van der Waals surface area contributed by atoms with Crippen molar-refractivity contribution in [3.63, 3.8) is 0 Å². The van der Waals surface area contributed by atoms with E-state index in [1.165, 1.54) is 0 Å².